The summed E-state index contributed by atoms with van der Waals surface area (Å²) in [6, 6.07) is 9.06. The first kappa shape index (κ1) is 12.7. The first-order chi connectivity index (χ1) is 8.65. The minimum absolute atomic E-state index is 0.236. The lowest BCUT2D eigenvalue weighted by atomic mass is 10.0. The highest BCUT2D eigenvalue weighted by Gasteiger charge is 2.13. The number of benzene rings is 1. The summed E-state index contributed by atoms with van der Waals surface area (Å²) in [5, 5.41) is 9.59. The lowest BCUT2D eigenvalue weighted by Gasteiger charge is -2.10. The Morgan fingerprint density at radius 1 is 1.28 bits per heavy atom. The Balaban J connectivity index is 2.62. The monoisotopic (exact) mass is 277 g/mol. The molecule has 3 nitrogen and oxygen atoms in total. The molecule has 0 spiro atoms. The van der Waals surface area contributed by atoms with E-state index in [1.807, 2.05) is 0 Å². The lowest BCUT2D eigenvalue weighted by molar-refractivity contribution is 1.22. The fourth-order valence-corrected chi connectivity index (χ4v) is 2.04. The molecule has 0 aliphatic rings. The Labute approximate surface area is 115 Å². The number of nitriles is 1. The molecule has 0 aliphatic heterocycles. The minimum Gasteiger partial charge on any atom is -0.397 e. The van der Waals surface area contributed by atoms with Crippen LogP contribution in [-0.4, -0.2) is 4.98 Å². The van der Waals surface area contributed by atoms with Crippen molar-refractivity contribution in [3.05, 3.63) is 46.1 Å². The second kappa shape index (κ2) is 5.26. The summed E-state index contributed by atoms with van der Waals surface area (Å²) in [4.78, 5) is 4.22. The fourth-order valence-electron chi connectivity index (χ4n) is 1.65. The third-order valence-corrected chi connectivity index (χ3v) is 3.38. The molecule has 0 amide bonds. The van der Waals surface area contributed by atoms with E-state index < -0.39 is 0 Å². The number of nitrogens with two attached hydrogens (primary N) is 1. The number of halogens is 2. The molecule has 0 bridgehead atoms. The summed E-state index contributed by atoms with van der Waals surface area (Å²) < 4.78 is 0. The third-order valence-electron chi connectivity index (χ3n) is 2.56. The van der Waals surface area contributed by atoms with Gasteiger partial charge < -0.3 is 5.73 Å². The van der Waals surface area contributed by atoms with Gasteiger partial charge in [0.25, 0.3) is 0 Å². The van der Waals surface area contributed by atoms with Crippen LogP contribution >= 0.6 is 23.2 Å². The molecule has 0 radical (unpaired) electrons. The maximum atomic E-state index is 8.73. The standard InChI is InChI=1S/C13H9Cl2N3/c14-10-3-1-2-9(11(10)15)13-12(17)8(4-6-16)5-7-18-13/h1-3,5,7H,4,17H2. The van der Waals surface area contributed by atoms with Gasteiger partial charge in [0.05, 0.1) is 33.9 Å². The van der Waals surface area contributed by atoms with Crippen LogP contribution in [0.1, 0.15) is 5.56 Å². The lowest BCUT2D eigenvalue weighted by Crippen LogP contribution is -1.99. The van der Waals surface area contributed by atoms with Gasteiger partial charge in [-0.3, -0.25) is 4.98 Å². The number of aromatic nitrogens is 1. The van der Waals surface area contributed by atoms with Crippen LogP contribution in [-0.2, 0) is 6.42 Å². The van der Waals surface area contributed by atoms with Gasteiger partial charge in [-0.25, -0.2) is 0 Å². The van der Waals surface area contributed by atoms with Crippen LogP contribution in [0.4, 0.5) is 5.69 Å². The molecule has 1 aromatic carbocycles. The van der Waals surface area contributed by atoms with Gasteiger partial charge in [-0.2, -0.15) is 5.26 Å². The number of nitrogens with zero attached hydrogens (tertiary/aromatic N) is 2. The molecule has 0 aliphatic carbocycles. The molecule has 1 heterocycles. The van der Waals surface area contributed by atoms with Gasteiger partial charge in [0, 0.05) is 11.8 Å². The number of anilines is 1. The van der Waals surface area contributed by atoms with Crippen molar-refractivity contribution in [3.8, 4) is 17.3 Å². The highest BCUT2D eigenvalue weighted by Crippen LogP contribution is 2.35. The van der Waals surface area contributed by atoms with Crippen molar-refractivity contribution in [2.24, 2.45) is 0 Å². The van der Waals surface area contributed by atoms with E-state index in [4.69, 9.17) is 34.2 Å². The Kier molecular flexibility index (Phi) is 3.71. The quantitative estimate of drug-likeness (QED) is 0.910. The van der Waals surface area contributed by atoms with E-state index in [0.29, 0.717) is 27.0 Å². The minimum atomic E-state index is 0.236. The SMILES string of the molecule is N#CCc1ccnc(-c2cccc(Cl)c2Cl)c1N. The van der Waals surface area contributed by atoms with Crippen molar-refractivity contribution in [1.82, 2.24) is 4.98 Å². The van der Waals surface area contributed by atoms with Gasteiger partial charge in [0.2, 0.25) is 0 Å². The van der Waals surface area contributed by atoms with Crippen molar-refractivity contribution in [1.29, 1.82) is 5.26 Å². The second-order valence-corrected chi connectivity index (χ2v) is 4.45. The van der Waals surface area contributed by atoms with Crippen molar-refractivity contribution in [2.45, 2.75) is 6.42 Å². The van der Waals surface area contributed by atoms with E-state index in [-0.39, 0.29) is 6.42 Å². The number of hydrogen-bond acceptors (Lipinski definition) is 3. The molecular formula is C13H9Cl2N3. The van der Waals surface area contributed by atoms with Crippen LogP contribution in [0.2, 0.25) is 10.0 Å². The van der Waals surface area contributed by atoms with Crippen LogP contribution in [0.3, 0.4) is 0 Å². The third kappa shape index (κ3) is 2.26. The van der Waals surface area contributed by atoms with Gasteiger partial charge in [0.15, 0.2) is 0 Å². The van der Waals surface area contributed by atoms with E-state index in [0.717, 1.165) is 5.56 Å². The van der Waals surface area contributed by atoms with E-state index in [9.17, 15) is 0 Å². The summed E-state index contributed by atoms with van der Waals surface area (Å²) in [5.74, 6) is 0. The molecule has 0 unspecified atom stereocenters. The van der Waals surface area contributed by atoms with Crippen molar-refractivity contribution in [3.63, 3.8) is 0 Å². The summed E-state index contributed by atoms with van der Waals surface area (Å²) in [6.07, 6.45) is 1.84. The van der Waals surface area contributed by atoms with Gasteiger partial charge in [-0.1, -0.05) is 35.3 Å². The molecule has 18 heavy (non-hydrogen) atoms. The number of hydrogen-bond donors (Lipinski definition) is 1. The zero-order valence-corrected chi connectivity index (χ0v) is 10.8. The zero-order valence-electron chi connectivity index (χ0n) is 9.32. The Morgan fingerprint density at radius 2 is 2.06 bits per heavy atom. The highest BCUT2D eigenvalue weighted by molar-refractivity contribution is 6.43. The largest absolute Gasteiger partial charge is 0.397 e. The maximum Gasteiger partial charge on any atom is 0.0949 e. The molecular weight excluding hydrogens is 269 g/mol. The first-order valence-corrected chi connectivity index (χ1v) is 5.95. The number of pyridine rings is 1. The Bertz CT molecular complexity index is 633. The van der Waals surface area contributed by atoms with Crippen LogP contribution in [0, 0.1) is 11.3 Å². The summed E-state index contributed by atoms with van der Waals surface area (Å²) in [7, 11) is 0. The fraction of sp³-hybridized carbons (Fsp3) is 0.0769. The van der Waals surface area contributed by atoms with Crippen molar-refractivity contribution >= 4 is 28.9 Å². The normalized spacial score (nSPS) is 10.1. The average Bonchev–Trinajstić information content (AvgIpc) is 2.36. The molecule has 0 saturated heterocycles. The van der Waals surface area contributed by atoms with Gasteiger partial charge in [-0.15, -0.1) is 0 Å². The molecule has 0 atom stereocenters. The molecule has 2 N–H and O–H groups in total. The molecule has 1 aromatic heterocycles. The number of nitrogen functional groups attached to an aromatic ring is 1. The molecule has 2 rings (SSSR count). The first-order valence-electron chi connectivity index (χ1n) is 5.20. The Hall–Kier alpha value is -1.76. The van der Waals surface area contributed by atoms with E-state index in [1.165, 1.54) is 0 Å². The predicted molar refractivity (Wildman–Crippen MR) is 73.4 cm³/mol. The van der Waals surface area contributed by atoms with Crippen LogP contribution in [0.25, 0.3) is 11.3 Å². The van der Waals surface area contributed by atoms with E-state index in [2.05, 4.69) is 11.1 Å². The van der Waals surface area contributed by atoms with Crippen molar-refractivity contribution in [2.75, 3.05) is 5.73 Å². The highest BCUT2D eigenvalue weighted by atomic mass is 35.5. The predicted octanol–water partition coefficient (Wildman–Crippen LogP) is 3.70. The molecule has 0 saturated carbocycles. The Morgan fingerprint density at radius 3 is 2.78 bits per heavy atom. The van der Waals surface area contributed by atoms with Crippen LogP contribution in [0.5, 0.6) is 0 Å². The summed E-state index contributed by atoms with van der Waals surface area (Å²) in [6.45, 7) is 0. The molecule has 0 fully saturated rings. The summed E-state index contributed by atoms with van der Waals surface area (Å²) >= 11 is 12.1. The van der Waals surface area contributed by atoms with Crippen LogP contribution in [0.15, 0.2) is 30.5 Å². The number of rotatable bonds is 2. The molecule has 2 aromatic rings. The van der Waals surface area contributed by atoms with E-state index >= 15 is 0 Å². The second-order valence-electron chi connectivity index (χ2n) is 3.67. The van der Waals surface area contributed by atoms with E-state index in [1.54, 1.807) is 30.5 Å². The van der Waals surface area contributed by atoms with Gasteiger partial charge in [0.1, 0.15) is 0 Å². The zero-order chi connectivity index (χ0) is 13.1. The molecule has 5 heteroatoms. The maximum absolute atomic E-state index is 8.73. The summed E-state index contributed by atoms with van der Waals surface area (Å²) in [5.41, 5.74) is 8.42. The average molecular weight is 278 g/mol. The van der Waals surface area contributed by atoms with Gasteiger partial charge >= 0.3 is 0 Å². The van der Waals surface area contributed by atoms with Crippen LogP contribution < -0.4 is 5.73 Å². The topological polar surface area (TPSA) is 62.7 Å². The molecule has 90 valence electrons. The van der Waals surface area contributed by atoms with Gasteiger partial charge in [-0.05, 0) is 17.7 Å². The van der Waals surface area contributed by atoms with Crippen molar-refractivity contribution < 1.29 is 0 Å². The smallest absolute Gasteiger partial charge is 0.0949 e.